The fourth-order valence-electron chi connectivity index (χ4n) is 4.05. The van der Waals surface area contributed by atoms with Crippen molar-refractivity contribution in [1.29, 1.82) is 0 Å². The zero-order valence-corrected chi connectivity index (χ0v) is 18.9. The molecule has 0 bridgehead atoms. The van der Waals surface area contributed by atoms with Crippen molar-refractivity contribution in [3.05, 3.63) is 78.4 Å². The Morgan fingerprint density at radius 3 is 2.46 bits per heavy atom. The van der Waals surface area contributed by atoms with Crippen LogP contribution in [-0.2, 0) is 4.79 Å². The maximum atomic E-state index is 14.6. The monoisotopic (exact) mass is 523 g/mol. The fraction of sp³-hybridized carbons (Fsp3) is 0.240. The third-order valence-corrected chi connectivity index (χ3v) is 5.56. The predicted octanol–water partition coefficient (Wildman–Crippen LogP) is 5.52. The Bertz CT molecular complexity index is 1300. The molecule has 2 heterocycles. The third kappa shape index (κ3) is 6.78. The molecule has 12 heteroatoms. The van der Waals surface area contributed by atoms with Crippen LogP contribution in [0.1, 0.15) is 16.8 Å². The number of alkyl halides is 5. The van der Waals surface area contributed by atoms with Crippen molar-refractivity contribution < 1.29 is 40.7 Å². The van der Waals surface area contributed by atoms with Crippen molar-refractivity contribution in [2.75, 3.05) is 18.4 Å². The van der Waals surface area contributed by atoms with Crippen molar-refractivity contribution in [3.8, 4) is 16.9 Å². The van der Waals surface area contributed by atoms with Gasteiger partial charge in [0.1, 0.15) is 11.6 Å². The number of anilines is 1. The van der Waals surface area contributed by atoms with E-state index in [0.29, 0.717) is 11.1 Å². The highest BCUT2D eigenvalue weighted by molar-refractivity contribution is 5.97. The van der Waals surface area contributed by atoms with Crippen LogP contribution >= 0.6 is 0 Å². The number of ether oxygens (including phenoxy) is 1. The highest BCUT2D eigenvalue weighted by atomic mass is 19.4. The topological polar surface area (TPSA) is 71.5 Å². The Balaban J connectivity index is 1.52. The molecular formula is C25H19F6N3O3. The van der Waals surface area contributed by atoms with Crippen molar-refractivity contribution >= 4 is 17.5 Å². The molecule has 0 spiro atoms. The summed E-state index contributed by atoms with van der Waals surface area (Å²) in [6, 6.07) is 11.0. The lowest BCUT2D eigenvalue weighted by Gasteiger charge is -2.37. The molecule has 0 aliphatic carbocycles. The molecule has 0 saturated carbocycles. The summed E-state index contributed by atoms with van der Waals surface area (Å²) in [4.78, 5) is 30.5. The van der Waals surface area contributed by atoms with E-state index in [9.17, 15) is 35.9 Å². The molecule has 1 aliphatic heterocycles. The van der Waals surface area contributed by atoms with E-state index in [1.165, 1.54) is 36.7 Å². The number of halogens is 6. The van der Waals surface area contributed by atoms with Gasteiger partial charge in [-0.05, 0) is 53.6 Å². The van der Waals surface area contributed by atoms with Gasteiger partial charge in [-0.2, -0.15) is 0 Å². The van der Waals surface area contributed by atoms with Crippen molar-refractivity contribution in [3.63, 3.8) is 0 Å². The second-order valence-corrected chi connectivity index (χ2v) is 8.47. The van der Waals surface area contributed by atoms with Crippen LogP contribution in [0.4, 0.5) is 32.0 Å². The molecule has 1 N–H and O–H groups in total. The van der Waals surface area contributed by atoms with E-state index in [1.54, 1.807) is 12.1 Å². The van der Waals surface area contributed by atoms with E-state index >= 15 is 0 Å². The van der Waals surface area contributed by atoms with Crippen LogP contribution in [-0.4, -0.2) is 47.1 Å². The van der Waals surface area contributed by atoms with Crippen LogP contribution in [0.15, 0.2) is 67.0 Å². The molecule has 0 radical (unpaired) electrons. The number of hydrogen-bond donors (Lipinski definition) is 1. The summed E-state index contributed by atoms with van der Waals surface area (Å²) in [5.41, 5.74) is 0.609. The minimum absolute atomic E-state index is 0.106. The first-order valence-electron chi connectivity index (χ1n) is 10.9. The number of likely N-dealkylation sites (tertiary alicyclic amines) is 1. The minimum Gasteiger partial charge on any atom is -0.406 e. The third-order valence-electron chi connectivity index (χ3n) is 5.56. The van der Waals surface area contributed by atoms with Gasteiger partial charge in [0.25, 0.3) is 11.8 Å². The molecule has 1 saturated heterocycles. The first kappa shape index (κ1) is 26.0. The van der Waals surface area contributed by atoms with Crippen LogP contribution in [0, 0.1) is 11.7 Å². The van der Waals surface area contributed by atoms with E-state index in [-0.39, 0.29) is 11.3 Å². The van der Waals surface area contributed by atoms with Gasteiger partial charge in [0.15, 0.2) is 0 Å². The summed E-state index contributed by atoms with van der Waals surface area (Å²) >= 11 is 0. The highest BCUT2D eigenvalue weighted by Gasteiger charge is 2.44. The van der Waals surface area contributed by atoms with E-state index in [1.807, 2.05) is 0 Å². The summed E-state index contributed by atoms with van der Waals surface area (Å²) in [5, 5.41) is 2.29. The average Bonchev–Trinajstić information content (AvgIpc) is 2.82. The number of pyridine rings is 1. The zero-order valence-electron chi connectivity index (χ0n) is 18.9. The van der Waals surface area contributed by atoms with Gasteiger partial charge in [0.2, 0.25) is 5.91 Å². The number of piperidine rings is 1. The van der Waals surface area contributed by atoms with Gasteiger partial charge in [0, 0.05) is 42.7 Å². The van der Waals surface area contributed by atoms with Gasteiger partial charge in [-0.15, -0.1) is 13.2 Å². The lowest BCUT2D eigenvalue weighted by Crippen LogP contribution is -2.52. The number of benzene rings is 2. The van der Waals surface area contributed by atoms with Gasteiger partial charge < -0.3 is 15.0 Å². The Hall–Kier alpha value is -4.09. The predicted molar refractivity (Wildman–Crippen MR) is 120 cm³/mol. The minimum atomic E-state index is -4.96. The SMILES string of the molecule is O=C(Nc1cccc(OC(F)(F)F)c1)C1CN(C(=O)c2cc(F)cc(-c3ccncc3)c2)CC(F)(F)C1. The second kappa shape index (κ2) is 10.1. The summed E-state index contributed by atoms with van der Waals surface area (Å²) in [6.07, 6.45) is -2.89. The molecular weight excluding hydrogens is 504 g/mol. The largest absolute Gasteiger partial charge is 0.573 e. The summed E-state index contributed by atoms with van der Waals surface area (Å²) in [7, 11) is 0. The number of aromatic nitrogens is 1. The molecule has 4 rings (SSSR count). The Kier molecular flexibility index (Phi) is 7.10. The first-order valence-corrected chi connectivity index (χ1v) is 10.9. The number of carbonyl (C=O) groups excluding carboxylic acids is 2. The summed E-state index contributed by atoms with van der Waals surface area (Å²) in [6.45, 7) is -1.38. The number of hydrogen-bond acceptors (Lipinski definition) is 4. The highest BCUT2D eigenvalue weighted by Crippen LogP contribution is 2.33. The number of nitrogens with zero attached hydrogens (tertiary/aromatic N) is 2. The maximum Gasteiger partial charge on any atom is 0.573 e. The normalized spacial score (nSPS) is 17.2. The quantitative estimate of drug-likeness (QED) is 0.447. The molecule has 37 heavy (non-hydrogen) atoms. The Labute approximate surface area is 206 Å². The molecule has 2 amide bonds. The van der Waals surface area contributed by atoms with E-state index < -0.39 is 61.1 Å². The zero-order chi connectivity index (χ0) is 26.8. The van der Waals surface area contributed by atoms with Crippen LogP contribution < -0.4 is 10.1 Å². The molecule has 1 atom stereocenters. The van der Waals surface area contributed by atoms with Gasteiger partial charge in [-0.1, -0.05) is 6.07 Å². The molecule has 1 fully saturated rings. The lowest BCUT2D eigenvalue weighted by molar-refractivity contribution is -0.274. The Morgan fingerprint density at radius 1 is 1.03 bits per heavy atom. The van der Waals surface area contributed by atoms with Crippen molar-refractivity contribution in [1.82, 2.24) is 9.88 Å². The summed E-state index contributed by atoms with van der Waals surface area (Å²) in [5.74, 6) is -7.99. The van der Waals surface area contributed by atoms with E-state index in [0.717, 1.165) is 23.1 Å². The van der Waals surface area contributed by atoms with Crippen molar-refractivity contribution in [2.45, 2.75) is 18.7 Å². The second-order valence-electron chi connectivity index (χ2n) is 8.47. The Morgan fingerprint density at radius 2 is 1.76 bits per heavy atom. The van der Waals surface area contributed by atoms with Crippen LogP contribution in [0.5, 0.6) is 5.75 Å². The van der Waals surface area contributed by atoms with Crippen molar-refractivity contribution in [2.24, 2.45) is 5.92 Å². The number of amides is 2. The molecule has 3 aromatic rings. The average molecular weight is 523 g/mol. The molecule has 6 nitrogen and oxygen atoms in total. The van der Waals surface area contributed by atoms with Gasteiger partial charge in [0.05, 0.1) is 12.5 Å². The lowest BCUT2D eigenvalue weighted by atomic mass is 9.93. The van der Waals surface area contributed by atoms with Crippen LogP contribution in [0.25, 0.3) is 11.1 Å². The van der Waals surface area contributed by atoms with Gasteiger partial charge in [-0.3, -0.25) is 14.6 Å². The number of rotatable bonds is 5. The van der Waals surface area contributed by atoms with Crippen LogP contribution in [0.3, 0.4) is 0 Å². The molecule has 194 valence electrons. The van der Waals surface area contributed by atoms with Crippen LogP contribution in [0.2, 0.25) is 0 Å². The number of nitrogens with one attached hydrogen (secondary N) is 1. The fourth-order valence-corrected chi connectivity index (χ4v) is 4.05. The smallest absolute Gasteiger partial charge is 0.406 e. The molecule has 1 aromatic heterocycles. The number of carbonyl (C=O) groups is 2. The first-order chi connectivity index (χ1) is 17.4. The summed E-state index contributed by atoms with van der Waals surface area (Å²) < 4.78 is 84.6. The molecule has 1 unspecified atom stereocenters. The van der Waals surface area contributed by atoms with Gasteiger partial charge in [-0.25, -0.2) is 13.2 Å². The maximum absolute atomic E-state index is 14.6. The molecule has 2 aromatic carbocycles. The van der Waals surface area contributed by atoms with E-state index in [2.05, 4.69) is 15.0 Å². The molecule has 1 aliphatic rings. The van der Waals surface area contributed by atoms with E-state index in [4.69, 9.17) is 0 Å². The van der Waals surface area contributed by atoms with Gasteiger partial charge >= 0.3 is 6.36 Å². The standard InChI is InChI=1S/C25H19F6N3O3/c26-19-9-16(15-4-6-32-7-5-15)8-17(10-19)23(36)34-13-18(12-24(27,28)14-34)22(35)33-20-2-1-3-21(11-20)37-25(29,30)31/h1-11,18H,12-14H2,(H,33,35).